The van der Waals surface area contributed by atoms with E-state index in [4.69, 9.17) is 17.3 Å². The molecule has 4 amide bonds. The van der Waals surface area contributed by atoms with E-state index in [1.807, 2.05) is 18.2 Å². The number of urea groups is 1. The third kappa shape index (κ3) is 2.67. The van der Waals surface area contributed by atoms with Gasteiger partial charge in [0.2, 0.25) is 5.91 Å². The number of carbonyl (C=O) groups is 3. The number of primary amides is 1. The molecule has 1 saturated heterocycles. The maximum atomic E-state index is 12.6. The molecule has 1 heterocycles. The fraction of sp³-hybridized carbons (Fsp3) is 0.500. The first kappa shape index (κ1) is 18.8. The summed E-state index contributed by atoms with van der Waals surface area (Å²) < 4.78 is 0. The summed E-state index contributed by atoms with van der Waals surface area (Å²) in [5.74, 6) is -1.38. The van der Waals surface area contributed by atoms with E-state index >= 15 is 0 Å². The summed E-state index contributed by atoms with van der Waals surface area (Å²) in [5, 5.41) is 13.1. The second kappa shape index (κ2) is 6.49. The SMILES string of the molecule is N#C[C@]1(CN2C(=O)NC(=O)C23CC(C(N)=O)C3)CCC[C@@H]1c1cccc(Cl)c1. The van der Waals surface area contributed by atoms with Crippen LogP contribution in [-0.4, -0.2) is 34.8 Å². The molecule has 0 radical (unpaired) electrons. The highest BCUT2D eigenvalue weighted by atomic mass is 35.5. The molecule has 7 nitrogen and oxygen atoms in total. The standard InChI is InChI=1S/C20H21ClN4O3/c21-14-4-1-3-12(7-14)15-5-2-6-19(15,10-22)11-25-18(28)24-17(27)20(25)8-13(9-20)16(23)26/h1,3-4,7,13,15H,2,5-6,8-9,11H2,(H2,23,26)(H,24,27,28)/t13?,15-,19+,20?/m1/s1. The first-order valence-corrected chi connectivity index (χ1v) is 9.78. The van der Waals surface area contributed by atoms with Crippen molar-refractivity contribution in [3.8, 4) is 6.07 Å². The van der Waals surface area contributed by atoms with Crippen molar-refractivity contribution in [3.05, 3.63) is 34.9 Å². The molecule has 4 rings (SSSR count). The Hall–Kier alpha value is -2.59. The van der Waals surface area contributed by atoms with Crippen molar-refractivity contribution < 1.29 is 14.4 Å². The van der Waals surface area contributed by atoms with Crippen molar-refractivity contribution in [2.24, 2.45) is 17.1 Å². The number of amides is 4. The number of benzene rings is 1. The van der Waals surface area contributed by atoms with E-state index in [1.165, 1.54) is 4.90 Å². The highest BCUT2D eigenvalue weighted by Crippen LogP contribution is 2.53. The molecule has 1 aliphatic heterocycles. The Morgan fingerprint density at radius 1 is 1.39 bits per heavy atom. The number of rotatable bonds is 4. The summed E-state index contributed by atoms with van der Waals surface area (Å²) in [6.45, 7) is 0.143. The van der Waals surface area contributed by atoms with Gasteiger partial charge in [0.25, 0.3) is 5.91 Å². The molecule has 0 bridgehead atoms. The minimum atomic E-state index is -1.07. The second-order valence-corrected chi connectivity index (χ2v) is 8.59. The number of nitrogens with one attached hydrogen (secondary N) is 1. The van der Waals surface area contributed by atoms with Crippen LogP contribution in [0.5, 0.6) is 0 Å². The normalized spacial score (nSPS) is 34.2. The van der Waals surface area contributed by atoms with Gasteiger partial charge >= 0.3 is 6.03 Å². The smallest absolute Gasteiger partial charge is 0.325 e. The number of nitrogens with zero attached hydrogens (tertiary/aromatic N) is 2. The minimum Gasteiger partial charge on any atom is -0.369 e. The first-order chi connectivity index (χ1) is 13.3. The van der Waals surface area contributed by atoms with E-state index in [2.05, 4.69) is 11.4 Å². The van der Waals surface area contributed by atoms with Crippen LogP contribution in [-0.2, 0) is 9.59 Å². The summed E-state index contributed by atoms with van der Waals surface area (Å²) >= 11 is 6.15. The summed E-state index contributed by atoms with van der Waals surface area (Å²) in [6.07, 6.45) is 2.72. The summed E-state index contributed by atoms with van der Waals surface area (Å²) in [6, 6.07) is 9.41. The largest absolute Gasteiger partial charge is 0.369 e. The molecule has 146 valence electrons. The van der Waals surface area contributed by atoms with Gasteiger partial charge in [-0.25, -0.2) is 4.79 Å². The topological polar surface area (TPSA) is 116 Å². The lowest BCUT2D eigenvalue weighted by Gasteiger charge is -2.48. The Labute approximate surface area is 167 Å². The van der Waals surface area contributed by atoms with Crippen molar-refractivity contribution in [3.63, 3.8) is 0 Å². The molecule has 2 atom stereocenters. The summed E-state index contributed by atoms with van der Waals surface area (Å²) in [7, 11) is 0. The molecule has 1 aromatic carbocycles. The lowest BCUT2D eigenvalue weighted by atomic mass is 9.65. The van der Waals surface area contributed by atoms with Gasteiger partial charge < -0.3 is 10.6 Å². The number of hydrogen-bond donors (Lipinski definition) is 2. The highest BCUT2D eigenvalue weighted by molar-refractivity contribution is 6.30. The predicted octanol–water partition coefficient (Wildman–Crippen LogP) is 2.30. The van der Waals surface area contributed by atoms with Gasteiger partial charge in [0.05, 0.1) is 11.5 Å². The number of imide groups is 1. The van der Waals surface area contributed by atoms with Gasteiger partial charge in [0.1, 0.15) is 5.54 Å². The predicted molar refractivity (Wildman–Crippen MR) is 101 cm³/mol. The van der Waals surface area contributed by atoms with Crippen LogP contribution in [0.2, 0.25) is 5.02 Å². The lowest BCUT2D eigenvalue weighted by Crippen LogP contribution is -2.62. The number of hydrogen-bond acceptors (Lipinski definition) is 4. The highest BCUT2D eigenvalue weighted by Gasteiger charge is 2.63. The molecular formula is C20H21ClN4O3. The molecule has 2 aliphatic carbocycles. The van der Waals surface area contributed by atoms with Crippen LogP contribution in [0.3, 0.4) is 0 Å². The van der Waals surface area contributed by atoms with E-state index in [0.29, 0.717) is 11.4 Å². The zero-order valence-corrected chi connectivity index (χ0v) is 16.0. The van der Waals surface area contributed by atoms with Gasteiger partial charge in [-0.1, -0.05) is 30.2 Å². The molecule has 0 aromatic heterocycles. The number of halogens is 1. The van der Waals surface area contributed by atoms with E-state index in [0.717, 1.165) is 18.4 Å². The average Bonchev–Trinajstić information content (AvgIpc) is 3.13. The number of nitrogens with two attached hydrogens (primary N) is 1. The Balaban J connectivity index is 1.65. The Bertz CT molecular complexity index is 905. The van der Waals surface area contributed by atoms with E-state index in [-0.39, 0.29) is 25.3 Å². The van der Waals surface area contributed by atoms with Gasteiger partial charge in [-0.05, 0) is 43.4 Å². The Morgan fingerprint density at radius 3 is 2.79 bits per heavy atom. The number of nitriles is 1. The maximum Gasteiger partial charge on any atom is 0.325 e. The van der Waals surface area contributed by atoms with Crippen LogP contribution >= 0.6 is 11.6 Å². The fourth-order valence-corrected chi connectivity index (χ4v) is 5.30. The third-order valence-electron chi connectivity index (χ3n) is 6.67. The van der Waals surface area contributed by atoms with Crippen molar-refractivity contribution in [1.29, 1.82) is 5.26 Å². The quantitative estimate of drug-likeness (QED) is 0.754. The molecule has 2 saturated carbocycles. The van der Waals surface area contributed by atoms with Crippen LogP contribution in [0.4, 0.5) is 4.79 Å². The fourth-order valence-electron chi connectivity index (χ4n) is 5.11. The van der Waals surface area contributed by atoms with Gasteiger partial charge in [-0.2, -0.15) is 5.26 Å². The zero-order valence-electron chi connectivity index (χ0n) is 15.3. The lowest BCUT2D eigenvalue weighted by molar-refractivity contribution is -0.140. The number of carbonyl (C=O) groups excluding carboxylic acids is 3. The first-order valence-electron chi connectivity index (χ1n) is 9.40. The molecule has 1 spiro atoms. The molecule has 8 heteroatoms. The van der Waals surface area contributed by atoms with Crippen LogP contribution in [0.25, 0.3) is 0 Å². The molecule has 3 aliphatic rings. The van der Waals surface area contributed by atoms with Crippen molar-refractivity contribution in [2.75, 3.05) is 6.54 Å². The van der Waals surface area contributed by atoms with E-state index in [1.54, 1.807) is 6.07 Å². The second-order valence-electron chi connectivity index (χ2n) is 8.15. The Kier molecular flexibility index (Phi) is 4.35. The zero-order chi connectivity index (χ0) is 20.1. The van der Waals surface area contributed by atoms with Gasteiger partial charge in [0, 0.05) is 23.4 Å². The van der Waals surface area contributed by atoms with Gasteiger partial charge in [0.15, 0.2) is 0 Å². The van der Waals surface area contributed by atoms with E-state index < -0.39 is 34.7 Å². The maximum absolute atomic E-state index is 12.6. The summed E-state index contributed by atoms with van der Waals surface area (Å²) in [4.78, 5) is 38.0. The molecule has 28 heavy (non-hydrogen) atoms. The molecule has 1 aromatic rings. The molecule has 0 unspecified atom stereocenters. The van der Waals surface area contributed by atoms with Crippen LogP contribution in [0.1, 0.15) is 43.6 Å². The summed E-state index contributed by atoms with van der Waals surface area (Å²) in [5.41, 5.74) is 4.46. The van der Waals surface area contributed by atoms with Gasteiger partial charge in [-0.15, -0.1) is 0 Å². The van der Waals surface area contributed by atoms with Crippen LogP contribution < -0.4 is 11.1 Å². The minimum absolute atomic E-state index is 0.0798. The van der Waals surface area contributed by atoms with E-state index in [9.17, 15) is 19.6 Å². The van der Waals surface area contributed by atoms with Crippen molar-refractivity contribution >= 4 is 29.4 Å². The van der Waals surface area contributed by atoms with Crippen molar-refractivity contribution in [2.45, 2.75) is 43.6 Å². The van der Waals surface area contributed by atoms with Crippen LogP contribution in [0.15, 0.2) is 24.3 Å². The molecule has 3 N–H and O–H groups in total. The Morgan fingerprint density at radius 2 is 2.14 bits per heavy atom. The molecular weight excluding hydrogens is 380 g/mol. The monoisotopic (exact) mass is 400 g/mol. The third-order valence-corrected chi connectivity index (χ3v) is 6.91. The van der Waals surface area contributed by atoms with Gasteiger partial charge in [-0.3, -0.25) is 14.9 Å². The van der Waals surface area contributed by atoms with Crippen molar-refractivity contribution in [1.82, 2.24) is 10.2 Å². The van der Waals surface area contributed by atoms with Crippen LogP contribution in [0, 0.1) is 22.7 Å². The average molecular weight is 401 g/mol. The molecule has 3 fully saturated rings.